The van der Waals surface area contributed by atoms with Crippen molar-refractivity contribution in [3.63, 3.8) is 0 Å². The summed E-state index contributed by atoms with van der Waals surface area (Å²) in [4.78, 5) is 0. The fraction of sp³-hybridized carbons (Fsp3) is 0.571. The van der Waals surface area contributed by atoms with Crippen LogP contribution in [0.1, 0.15) is 37.2 Å². The van der Waals surface area contributed by atoms with Crippen LogP contribution < -0.4 is 0 Å². The molecule has 0 amide bonds. The van der Waals surface area contributed by atoms with Crippen LogP contribution in [0.25, 0.3) is 0 Å². The third-order valence-electron chi connectivity index (χ3n) is 3.78. The van der Waals surface area contributed by atoms with E-state index in [9.17, 15) is 8.42 Å². The van der Waals surface area contributed by atoms with Crippen LogP contribution >= 0.6 is 11.6 Å². The van der Waals surface area contributed by atoms with Gasteiger partial charge in [0.2, 0.25) is 0 Å². The van der Waals surface area contributed by atoms with E-state index < -0.39 is 9.84 Å². The molecule has 0 radical (unpaired) electrons. The molecule has 1 aliphatic carbocycles. The molecule has 1 saturated carbocycles. The van der Waals surface area contributed by atoms with Crippen LogP contribution in [0.4, 0.5) is 0 Å². The Hall–Kier alpha value is -0.540. The summed E-state index contributed by atoms with van der Waals surface area (Å²) in [6.45, 7) is 0. The first-order valence-electron chi connectivity index (χ1n) is 6.37. The summed E-state index contributed by atoms with van der Waals surface area (Å²) < 4.78 is 22.3. The van der Waals surface area contributed by atoms with Gasteiger partial charge in [-0.05, 0) is 55.2 Å². The van der Waals surface area contributed by atoms with Gasteiger partial charge in [-0.25, -0.2) is 8.42 Å². The highest BCUT2D eigenvalue weighted by molar-refractivity contribution is 7.90. The molecule has 2 rings (SSSR count). The average molecular weight is 287 g/mol. The Morgan fingerprint density at radius 2 is 1.89 bits per heavy atom. The van der Waals surface area contributed by atoms with Gasteiger partial charge >= 0.3 is 0 Å². The molecule has 0 spiro atoms. The Morgan fingerprint density at radius 3 is 2.50 bits per heavy atom. The summed E-state index contributed by atoms with van der Waals surface area (Å²) >= 11 is 5.88. The van der Waals surface area contributed by atoms with Gasteiger partial charge in [-0.3, -0.25) is 0 Å². The minimum absolute atomic E-state index is 0.324. The van der Waals surface area contributed by atoms with Crippen molar-refractivity contribution in [2.45, 2.75) is 31.6 Å². The zero-order valence-electron chi connectivity index (χ0n) is 10.6. The minimum atomic E-state index is -2.82. The molecule has 100 valence electrons. The fourth-order valence-corrected chi connectivity index (χ4v) is 3.64. The summed E-state index contributed by atoms with van der Waals surface area (Å²) in [5, 5.41) is 0.769. The van der Waals surface area contributed by atoms with Crippen LogP contribution in [0.3, 0.4) is 0 Å². The van der Waals surface area contributed by atoms with E-state index in [-0.39, 0.29) is 0 Å². The standard InChI is InChI=1S/C14H19ClO2S/c1-18(16,17)9-8-11-2-3-13(10-11)12-4-6-14(15)7-5-12/h4-7,11,13H,2-3,8-10H2,1H3/t11?,13-/m0/s1. The molecule has 0 aliphatic heterocycles. The highest BCUT2D eigenvalue weighted by atomic mass is 35.5. The van der Waals surface area contributed by atoms with Crippen molar-refractivity contribution in [1.82, 2.24) is 0 Å². The number of hydrogen-bond donors (Lipinski definition) is 0. The molecule has 4 heteroatoms. The first kappa shape index (κ1) is 13.9. The van der Waals surface area contributed by atoms with Crippen LogP contribution in [-0.4, -0.2) is 20.4 Å². The molecule has 0 heterocycles. The molecule has 0 aromatic heterocycles. The van der Waals surface area contributed by atoms with Gasteiger partial charge in [0.25, 0.3) is 0 Å². The lowest BCUT2D eigenvalue weighted by molar-refractivity contribution is 0.514. The summed E-state index contributed by atoms with van der Waals surface area (Å²) in [5.74, 6) is 1.46. The van der Waals surface area contributed by atoms with E-state index in [1.165, 1.54) is 11.8 Å². The number of halogens is 1. The van der Waals surface area contributed by atoms with Crippen molar-refractivity contribution < 1.29 is 8.42 Å². The Kier molecular flexibility index (Phi) is 4.33. The fourth-order valence-electron chi connectivity index (χ4n) is 2.76. The smallest absolute Gasteiger partial charge is 0.147 e. The Morgan fingerprint density at radius 1 is 1.22 bits per heavy atom. The van der Waals surface area contributed by atoms with Crippen LogP contribution in [0.15, 0.2) is 24.3 Å². The third kappa shape index (κ3) is 3.99. The molecule has 0 saturated heterocycles. The Bertz CT molecular complexity index is 493. The Labute approximate surface area is 114 Å². The Balaban J connectivity index is 1.90. The number of hydrogen-bond acceptors (Lipinski definition) is 2. The maximum absolute atomic E-state index is 11.2. The zero-order chi connectivity index (χ0) is 13.2. The molecule has 2 atom stereocenters. The molecular formula is C14H19ClO2S. The predicted molar refractivity (Wildman–Crippen MR) is 75.9 cm³/mol. The van der Waals surface area contributed by atoms with E-state index in [1.54, 1.807) is 0 Å². The monoisotopic (exact) mass is 286 g/mol. The number of sulfone groups is 1. The molecule has 1 fully saturated rings. The highest BCUT2D eigenvalue weighted by Crippen LogP contribution is 2.40. The molecule has 0 N–H and O–H groups in total. The second-order valence-corrected chi connectivity index (χ2v) is 8.04. The molecule has 1 aliphatic rings. The van der Waals surface area contributed by atoms with Gasteiger partial charge in [-0.1, -0.05) is 23.7 Å². The predicted octanol–water partition coefficient (Wildman–Crippen LogP) is 3.66. The van der Waals surface area contributed by atoms with Crippen molar-refractivity contribution in [3.05, 3.63) is 34.9 Å². The lowest BCUT2D eigenvalue weighted by Crippen LogP contribution is -2.07. The van der Waals surface area contributed by atoms with Crippen molar-refractivity contribution >= 4 is 21.4 Å². The molecule has 1 aromatic rings. The second-order valence-electron chi connectivity index (χ2n) is 5.35. The van der Waals surface area contributed by atoms with Crippen molar-refractivity contribution in [2.24, 2.45) is 5.92 Å². The van der Waals surface area contributed by atoms with Crippen LogP contribution in [0.5, 0.6) is 0 Å². The van der Waals surface area contributed by atoms with Gasteiger partial charge in [0.1, 0.15) is 9.84 Å². The van der Waals surface area contributed by atoms with E-state index >= 15 is 0 Å². The van der Waals surface area contributed by atoms with Gasteiger partial charge < -0.3 is 0 Å². The summed E-state index contributed by atoms with van der Waals surface area (Å²) in [6, 6.07) is 8.04. The van der Waals surface area contributed by atoms with Gasteiger partial charge in [0, 0.05) is 11.3 Å². The van der Waals surface area contributed by atoms with Crippen LogP contribution in [0.2, 0.25) is 5.02 Å². The topological polar surface area (TPSA) is 34.1 Å². The first-order valence-corrected chi connectivity index (χ1v) is 8.81. The van der Waals surface area contributed by atoms with E-state index in [1.807, 2.05) is 12.1 Å². The van der Waals surface area contributed by atoms with Crippen LogP contribution in [0, 0.1) is 5.92 Å². The maximum Gasteiger partial charge on any atom is 0.147 e. The molecule has 1 unspecified atom stereocenters. The minimum Gasteiger partial charge on any atom is -0.229 e. The average Bonchev–Trinajstić information content (AvgIpc) is 2.75. The van der Waals surface area contributed by atoms with Crippen molar-refractivity contribution in [1.29, 1.82) is 0 Å². The second kappa shape index (κ2) is 5.62. The molecule has 1 aromatic carbocycles. The van der Waals surface area contributed by atoms with E-state index in [0.717, 1.165) is 30.7 Å². The summed E-state index contributed by atoms with van der Waals surface area (Å²) in [6.07, 6.45) is 5.54. The molecule has 18 heavy (non-hydrogen) atoms. The van der Waals surface area contributed by atoms with E-state index in [2.05, 4.69) is 12.1 Å². The van der Waals surface area contributed by atoms with Crippen molar-refractivity contribution in [2.75, 3.05) is 12.0 Å². The largest absolute Gasteiger partial charge is 0.229 e. The van der Waals surface area contributed by atoms with Gasteiger partial charge in [-0.15, -0.1) is 0 Å². The van der Waals surface area contributed by atoms with Crippen LogP contribution in [-0.2, 0) is 9.84 Å². The summed E-state index contributed by atoms with van der Waals surface area (Å²) in [7, 11) is -2.82. The highest BCUT2D eigenvalue weighted by Gasteiger charge is 2.26. The molecule has 2 nitrogen and oxygen atoms in total. The van der Waals surface area contributed by atoms with Gasteiger partial charge in [-0.2, -0.15) is 0 Å². The summed E-state index contributed by atoms with van der Waals surface area (Å²) in [5.41, 5.74) is 1.33. The zero-order valence-corrected chi connectivity index (χ0v) is 12.2. The quantitative estimate of drug-likeness (QED) is 0.846. The normalized spacial score (nSPS) is 24.3. The lowest BCUT2D eigenvalue weighted by atomic mass is 9.96. The molecular weight excluding hydrogens is 268 g/mol. The van der Waals surface area contributed by atoms with Gasteiger partial charge in [0.05, 0.1) is 5.75 Å². The first-order chi connectivity index (χ1) is 8.44. The number of benzene rings is 1. The number of rotatable bonds is 4. The SMILES string of the molecule is CS(=O)(=O)CCC1CC[C@H](c2ccc(Cl)cc2)C1. The van der Waals surface area contributed by atoms with Gasteiger partial charge in [0.15, 0.2) is 0 Å². The third-order valence-corrected chi connectivity index (χ3v) is 5.01. The van der Waals surface area contributed by atoms with Crippen molar-refractivity contribution in [3.8, 4) is 0 Å². The lowest BCUT2D eigenvalue weighted by Gasteiger charge is -2.11. The van der Waals surface area contributed by atoms with E-state index in [4.69, 9.17) is 11.6 Å². The van der Waals surface area contributed by atoms with E-state index in [0.29, 0.717) is 17.6 Å². The maximum atomic E-state index is 11.2. The molecule has 0 bridgehead atoms.